The van der Waals surface area contributed by atoms with Crippen molar-refractivity contribution in [1.29, 1.82) is 0 Å². The Bertz CT molecular complexity index is 158. The van der Waals surface area contributed by atoms with Crippen LogP contribution in [0.2, 0.25) is 0 Å². The van der Waals surface area contributed by atoms with Crippen LogP contribution >= 0.6 is 0 Å². The molecule has 2 fully saturated rings. The third-order valence-electron chi connectivity index (χ3n) is 3.75. The molecule has 0 amide bonds. The average molecular weight is 168 g/mol. The molecule has 12 heavy (non-hydrogen) atoms. The molecule has 2 rings (SSSR count). The number of nitrogens with zero attached hydrogens (tertiary/aromatic N) is 1. The fourth-order valence-electron chi connectivity index (χ4n) is 3.12. The van der Waals surface area contributed by atoms with Crippen molar-refractivity contribution in [2.75, 3.05) is 20.1 Å². The maximum atomic E-state index is 5.55. The van der Waals surface area contributed by atoms with Gasteiger partial charge in [-0.05, 0) is 38.1 Å². The maximum Gasteiger partial charge on any atom is 0.0124 e. The second-order valence-corrected chi connectivity index (χ2v) is 4.51. The van der Waals surface area contributed by atoms with E-state index in [0.717, 1.165) is 31.0 Å². The van der Waals surface area contributed by atoms with Crippen LogP contribution in [0.5, 0.6) is 0 Å². The summed E-state index contributed by atoms with van der Waals surface area (Å²) < 4.78 is 0. The fraction of sp³-hybridized carbons (Fsp3) is 1.00. The van der Waals surface area contributed by atoms with E-state index in [-0.39, 0.29) is 0 Å². The number of nitrogens with two attached hydrogens (primary N) is 1. The van der Waals surface area contributed by atoms with Crippen molar-refractivity contribution in [3.05, 3.63) is 0 Å². The Morgan fingerprint density at radius 2 is 2.17 bits per heavy atom. The fourth-order valence-corrected chi connectivity index (χ4v) is 3.12. The van der Waals surface area contributed by atoms with Crippen LogP contribution in [0.25, 0.3) is 0 Å². The Hall–Kier alpha value is -0.0800. The lowest BCUT2D eigenvalue weighted by Gasteiger charge is -2.30. The van der Waals surface area contributed by atoms with Gasteiger partial charge in [0.15, 0.2) is 0 Å². The molecule has 2 saturated carbocycles. The summed E-state index contributed by atoms with van der Waals surface area (Å²) in [4.78, 5) is 2.48. The Kier molecular flexibility index (Phi) is 2.37. The molecule has 0 heterocycles. The second-order valence-electron chi connectivity index (χ2n) is 4.51. The zero-order valence-electron chi connectivity index (χ0n) is 8.00. The smallest absolute Gasteiger partial charge is 0.0124 e. The molecule has 3 unspecified atom stereocenters. The summed E-state index contributed by atoms with van der Waals surface area (Å²) >= 11 is 0. The van der Waals surface area contributed by atoms with E-state index in [2.05, 4.69) is 11.9 Å². The SMILES string of the molecule is CN(CCN)C1CC2CCC1C2. The molecule has 2 nitrogen and oxygen atoms in total. The molecular formula is C10H20N2. The summed E-state index contributed by atoms with van der Waals surface area (Å²) in [6, 6.07) is 0.868. The lowest BCUT2D eigenvalue weighted by molar-refractivity contribution is 0.180. The minimum atomic E-state index is 0.810. The molecule has 0 saturated heterocycles. The molecule has 2 aliphatic rings. The molecule has 2 N–H and O–H groups in total. The molecule has 0 aromatic rings. The highest BCUT2D eigenvalue weighted by molar-refractivity contribution is 4.94. The summed E-state index contributed by atoms with van der Waals surface area (Å²) in [6.07, 6.45) is 5.92. The highest BCUT2D eigenvalue weighted by Gasteiger charge is 2.40. The molecule has 2 bridgehead atoms. The van der Waals surface area contributed by atoms with Crippen LogP contribution in [0.1, 0.15) is 25.7 Å². The summed E-state index contributed by atoms with van der Waals surface area (Å²) in [7, 11) is 2.23. The van der Waals surface area contributed by atoms with Gasteiger partial charge in [-0.1, -0.05) is 6.42 Å². The Morgan fingerprint density at radius 1 is 1.33 bits per heavy atom. The number of rotatable bonds is 3. The quantitative estimate of drug-likeness (QED) is 0.683. The number of hydrogen-bond acceptors (Lipinski definition) is 2. The lowest BCUT2D eigenvalue weighted by atomic mass is 9.94. The predicted molar refractivity (Wildman–Crippen MR) is 50.9 cm³/mol. The Morgan fingerprint density at radius 3 is 2.67 bits per heavy atom. The van der Waals surface area contributed by atoms with Gasteiger partial charge in [0.1, 0.15) is 0 Å². The Labute approximate surface area is 75.1 Å². The van der Waals surface area contributed by atoms with Gasteiger partial charge in [0.05, 0.1) is 0 Å². The zero-order chi connectivity index (χ0) is 8.55. The van der Waals surface area contributed by atoms with E-state index in [1.54, 1.807) is 0 Å². The van der Waals surface area contributed by atoms with Crippen molar-refractivity contribution in [3.63, 3.8) is 0 Å². The van der Waals surface area contributed by atoms with Gasteiger partial charge in [-0.25, -0.2) is 0 Å². The monoisotopic (exact) mass is 168 g/mol. The van der Waals surface area contributed by atoms with Crippen molar-refractivity contribution < 1.29 is 0 Å². The maximum absolute atomic E-state index is 5.55. The van der Waals surface area contributed by atoms with E-state index < -0.39 is 0 Å². The number of likely N-dealkylation sites (N-methyl/N-ethyl adjacent to an activating group) is 1. The normalized spacial score (nSPS) is 39.8. The first-order valence-corrected chi connectivity index (χ1v) is 5.21. The topological polar surface area (TPSA) is 29.3 Å². The molecule has 70 valence electrons. The first-order chi connectivity index (χ1) is 5.81. The highest BCUT2D eigenvalue weighted by atomic mass is 15.1. The van der Waals surface area contributed by atoms with Crippen LogP contribution in [-0.4, -0.2) is 31.1 Å². The van der Waals surface area contributed by atoms with Gasteiger partial charge >= 0.3 is 0 Å². The molecule has 3 atom stereocenters. The average Bonchev–Trinajstić information content (AvgIpc) is 2.64. The summed E-state index contributed by atoms with van der Waals surface area (Å²) in [5.41, 5.74) is 5.55. The predicted octanol–water partition coefficient (Wildman–Crippen LogP) is 1.07. The van der Waals surface area contributed by atoms with E-state index >= 15 is 0 Å². The van der Waals surface area contributed by atoms with Crippen LogP contribution < -0.4 is 5.73 Å². The third-order valence-corrected chi connectivity index (χ3v) is 3.75. The van der Waals surface area contributed by atoms with Gasteiger partial charge in [0, 0.05) is 19.1 Å². The molecule has 2 heteroatoms. The van der Waals surface area contributed by atoms with E-state index in [0.29, 0.717) is 0 Å². The van der Waals surface area contributed by atoms with Crippen LogP contribution in [-0.2, 0) is 0 Å². The van der Waals surface area contributed by atoms with E-state index in [1.165, 1.54) is 25.7 Å². The van der Waals surface area contributed by atoms with Gasteiger partial charge < -0.3 is 10.6 Å². The summed E-state index contributed by atoms with van der Waals surface area (Å²) in [5, 5.41) is 0. The van der Waals surface area contributed by atoms with Crippen molar-refractivity contribution >= 4 is 0 Å². The number of fused-ring (bicyclic) bond motifs is 2. The van der Waals surface area contributed by atoms with E-state index in [1.807, 2.05) is 0 Å². The van der Waals surface area contributed by atoms with Crippen molar-refractivity contribution in [1.82, 2.24) is 4.90 Å². The summed E-state index contributed by atoms with van der Waals surface area (Å²) in [6.45, 7) is 1.89. The molecule has 0 aromatic heterocycles. The minimum absolute atomic E-state index is 0.810. The van der Waals surface area contributed by atoms with Crippen molar-refractivity contribution in [2.24, 2.45) is 17.6 Å². The van der Waals surface area contributed by atoms with Gasteiger partial charge in [-0.2, -0.15) is 0 Å². The zero-order valence-corrected chi connectivity index (χ0v) is 8.00. The molecular weight excluding hydrogens is 148 g/mol. The van der Waals surface area contributed by atoms with Crippen LogP contribution in [0.4, 0.5) is 0 Å². The summed E-state index contributed by atoms with van der Waals surface area (Å²) in [5.74, 6) is 2.06. The third kappa shape index (κ3) is 1.38. The van der Waals surface area contributed by atoms with Gasteiger partial charge in [-0.3, -0.25) is 0 Å². The molecule has 0 aliphatic heterocycles. The Balaban J connectivity index is 1.89. The standard InChI is InChI=1S/C10H20N2/c1-12(5-4-11)10-7-8-2-3-9(10)6-8/h8-10H,2-7,11H2,1H3. The molecule has 2 aliphatic carbocycles. The van der Waals surface area contributed by atoms with Crippen molar-refractivity contribution in [3.8, 4) is 0 Å². The van der Waals surface area contributed by atoms with Crippen LogP contribution in [0.3, 0.4) is 0 Å². The minimum Gasteiger partial charge on any atom is -0.329 e. The van der Waals surface area contributed by atoms with Gasteiger partial charge in [-0.15, -0.1) is 0 Å². The van der Waals surface area contributed by atoms with Crippen molar-refractivity contribution in [2.45, 2.75) is 31.7 Å². The first-order valence-electron chi connectivity index (χ1n) is 5.21. The van der Waals surface area contributed by atoms with Crippen LogP contribution in [0.15, 0.2) is 0 Å². The second kappa shape index (κ2) is 3.35. The first kappa shape index (κ1) is 8.52. The van der Waals surface area contributed by atoms with E-state index in [9.17, 15) is 0 Å². The van der Waals surface area contributed by atoms with Crippen LogP contribution in [0, 0.1) is 11.8 Å². The van der Waals surface area contributed by atoms with E-state index in [4.69, 9.17) is 5.73 Å². The molecule has 0 radical (unpaired) electrons. The van der Waals surface area contributed by atoms with Gasteiger partial charge in [0.2, 0.25) is 0 Å². The molecule has 0 aromatic carbocycles. The number of hydrogen-bond donors (Lipinski definition) is 1. The lowest BCUT2D eigenvalue weighted by Crippen LogP contribution is -2.38. The highest BCUT2D eigenvalue weighted by Crippen LogP contribution is 2.46. The van der Waals surface area contributed by atoms with Gasteiger partial charge in [0.25, 0.3) is 0 Å². The largest absolute Gasteiger partial charge is 0.329 e. The molecule has 0 spiro atoms.